The molecule has 0 aliphatic carbocycles. The Morgan fingerprint density at radius 3 is 2.62 bits per heavy atom. The number of aryl methyl sites for hydroxylation is 1. The third-order valence-electron chi connectivity index (χ3n) is 5.47. The normalized spacial score (nSPS) is 15.6. The molecular formula is C21H33N7O. The highest BCUT2D eigenvalue weighted by atomic mass is 16.3. The van der Waals surface area contributed by atoms with Crippen LogP contribution in [-0.2, 0) is 13.6 Å². The van der Waals surface area contributed by atoms with Crippen LogP contribution in [0.4, 0.5) is 5.69 Å². The topological polar surface area (TPSA) is 81.8 Å². The maximum atomic E-state index is 9.83. The first-order chi connectivity index (χ1) is 14.0. The number of aliphatic imine (C=N–C) groups is 1. The van der Waals surface area contributed by atoms with Crippen molar-refractivity contribution < 1.29 is 5.11 Å². The number of rotatable bonds is 7. The summed E-state index contributed by atoms with van der Waals surface area (Å²) in [6.45, 7) is 5.86. The summed E-state index contributed by atoms with van der Waals surface area (Å²) in [5.41, 5.74) is 1.23. The van der Waals surface area contributed by atoms with Crippen LogP contribution in [0.2, 0.25) is 0 Å². The molecule has 8 nitrogen and oxygen atoms in total. The molecule has 29 heavy (non-hydrogen) atoms. The Bertz CT molecular complexity index is 782. The molecule has 1 aromatic heterocycles. The molecule has 0 saturated carbocycles. The van der Waals surface area contributed by atoms with Gasteiger partial charge in [-0.3, -0.25) is 0 Å². The molecule has 0 amide bonds. The molecule has 1 aliphatic rings. The Morgan fingerprint density at radius 1 is 1.24 bits per heavy atom. The summed E-state index contributed by atoms with van der Waals surface area (Å²) in [5.74, 6) is 2.62. The van der Waals surface area contributed by atoms with E-state index in [1.807, 2.05) is 24.6 Å². The van der Waals surface area contributed by atoms with Crippen molar-refractivity contribution in [1.82, 2.24) is 25.0 Å². The summed E-state index contributed by atoms with van der Waals surface area (Å²) >= 11 is 0. The number of nitrogens with zero attached hydrogens (tertiary/aromatic N) is 6. The van der Waals surface area contributed by atoms with Crippen molar-refractivity contribution in [3.05, 3.63) is 42.0 Å². The molecule has 158 valence electrons. The summed E-state index contributed by atoms with van der Waals surface area (Å²) in [6, 6.07) is 10.4. The third kappa shape index (κ3) is 5.93. The van der Waals surface area contributed by atoms with E-state index < -0.39 is 0 Å². The maximum absolute atomic E-state index is 9.83. The fourth-order valence-electron chi connectivity index (χ4n) is 3.41. The second kappa shape index (κ2) is 10.2. The van der Waals surface area contributed by atoms with Gasteiger partial charge in [-0.15, -0.1) is 10.2 Å². The Morgan fingerprint density at radius 2 is 1.97 bits per heavy atom. The highest BCUT2D eigenvalue weighted by molar-refractivity contribution is 5.80. The standard InChI is InChI=1S/C21H33N7O/c1-17-24-25-20(27(17)3)16-23-21(28-14-10-19(29)11-15-28)22-12-7-13-26(2)18-8-5-4-6-9-18/h4-6,8-9,19,29H,7,10-16H2,1-3H3,(H,22,23). The second-order valence-corrected chi connectivity index (χ2v) is 7.62. The Hall–Kier alpha value is -2.61. The number of benzene rings is 1. The minimum Gasteiger partial charge on any atom is -0.393 e. The second-order valence-electron chi connectivity index (χ2n) is 7.62. The molecule has 1 fully saturated rings. The van der Waals surface area contributed by atoms with E-state index in [2.05, 4.69) is 56.6 Å². The molecule has 0 bridgehead atoms. The van der Waals surface area contributed by atoms with Crippen LogP contribution in [0.5, 0.6) is 0 Å². The van der Waals surface area contributed by atoms with Crippen LogP contribution in [-0.4, -0.2) is 70.1 Å². The third-order valence-corrected chi connectivity index (χ3v) is 5.47. The maximum Gasteiger partial charge on any atom is 0.194 e. The van der Waals surface area contributed by atoms with Crippen molar-refractivity contribution in [3.8, 4) is 0 Å². The van der Waals surface area contributed by atoms with Crippen LogP contribution in [0.15, 0.2) is 35.3 Å². The van der Waals surface area contributed by atoms with Gasteiger partial charge in [0.2, 0.25) is 0 Å². The van der Waals surface area contributed by atoms with Crippen LogP contribution >= 0.6 is 0 Å². The van der Waals surface area contributed by atoms with Gasteiger partial charge in [0.05, 0.1) is 6.10 Å². The Balaban J connectivity index is 1.56. The van der Waals surface area contributed by atoms with E-state index in [1.54, 1.807) is 0 Å². The number of anilines is 1. The van der Waals surface area contributed by atoms with Crippen molar-refractivity contribution in [3.63, 3.8) is 0 Å². The molecule has 1 aromatic carbocycles. The van der Waals surface area contributed by atoms with E-state index in [0.717, 1.165) is 63.0 Å². The van der Waals surface area contributed by atoms with E-state index >= 15 is 0 Å². The molecule has 2 aromatic rings. The lowest BCUT2D eigenvalue weighted by Gasteiger charge is -2.32. The molecule has 3 rings (SSSR count). The highest BCUT2D eigenvalue weighted by Gasteiger charge is 2.20. The number of guanidine groups is 1. The fourth-order valence-corrected chi connectivity index (χ4v) is 3.41. The Labute approximate surface area is 173 Å². The van der Waals surface area contributed by atoms with Gasteiger partial charge in [0, 0.05) is 46.0 Å². The Kier molecular flexibility index (Phi) is 7.46. The number of hydrogen-bond donors (Lipinski definition) is 2. The van der Waals surface area contributed by atoms with Crippen LogP contribution in [0.1, 0.15) is 30.9 Å². The van der Waals surface area contributed by atoms with E-state index in [9.17, 15) is 5.11 Å². The predicted octanol–water partition coefficient (Wildman–Crippen LogP) is 1.55. The lowest BCUT2D eigenvalue weighted by atomic mass is 10.1. The van der Waals surface area contributed by atoms with E-state index in [0.29, 0.717) is 6.54 Å². The average Bonchev–Trinajstić information content (AvgIpc) is 3.06. The number of nitrogens with one attached hydrogen (secondary N) is 1. The quantitative estimate of drug-likeness (QED) is 0.418. The number of likely N-dealkylation sites (tertiary alicyclic amines) is 1. The zero-order chi connectivity index (χ0) is 20.6. The van der Waals surface area contributed by atoms with E-state index in [4.69, 9.17) is 4.99 Å². The molecule has 8 heteroatoms. The molecule has 1 aliphatic heterocycles. The van der Waals surface area contributed by atoms with E-state index in [1.165, 1.54) is 5.69 Å². The van der Waals surface area contributed by atoms with Gasteiger partial charge in [0.1, 0.15) is 12.4 Å². The molecule has 2 N–H and O–H groups in total. The van der Waals surface area contributed by atoms with Crippen molar-refractivity contribution in [1.29, 1.82) is 0 Å². The van der Waals surface area contributed by atoms with Gasteiger partial charge >= 0.3 is 0 Å². The van der Waals surface area contributed by atoms with Gasteiger partial charge in [0.25, 0.3) is 0 Å². The van der Waals surface area contributed by atoms with Gasteiger partial charge in [0.15, 0.2) is 11.8 Å². The van der Waals surface area contributed by atoms with E-state index in [-0.39, 0.29) is 6.10 Å². The predicted molar refractivity (Wildman–Crippen MR) is 116 cm³/mol. The molecule has 0 atom stereocenters. The lowest BCUT2D eigenvalue weighted by Crippen LogP contribution is -2.47. The summed E-state index contributed by atoms with van der Waals surface area (Å²) in [6.07, 6.45) is 2.36. The van der Waals surface area contributed by atoms with Gasteiger partial charge in [-0.05, 0) is 38.3 Å². The number of aliphatic hydroxyl groups excluding tert-OH is 1. The van der Waals surface area contributed by atoms with Crippen molar-refractivity contribution in [2.24, 2.45) is 12.0 Å². The molecule has 1 saturated heterocycles. The molecule has 0 radical (unpaired) electrons. The van der Waals surface area contributed by atoms with Gasteiger partial charge < -0.3 is 24.8 Å². The first kappa shape index (κ1) is 21.1. The van der Waals surface area contributed by atoms with Crippen molar-refractivity contribution >= 4 is 11.6 Å². The van der Waals surface area contributed by atoms with Crippen LogP contribution in [0, 0.1) is 6.92 Å². The average molecular weight is 400 g/mol. The first-order valence-electron chi connectivity index (χ1n) is 10.4. The number of aromatic nitrogens is 3. The summed E-state index contributed by atoms with van der Waals surface area (Å²) in [7, 11) is 4.08. The van der Waals surface area contributed by atoms with Gasteiger partial charge in [-0.25, -0.2) is 4.99 Å². The summed E-state index contributed by atoms with van der Waals surface area (Å²) in [4.78, 5) is 9.30. The number of hydrogen-bond acceptors (Lipinski definition) is 5. The van der Waals surface area contributed by atoms with Crippen molar-refractivity contribution in [2.75, 3.05) is 38.1 Å². The van der Waals surface area contributed by atoms with Gasteiger partial charge in [-0.1, -0.05) is 18.2 Å². The van der Waals surface area contributed by atoms with Crippen LogP contribution in [0.3, 0.4) is 0 Å². The minimum absolute atomic E-state index is 0.201. The summed E-state index contributed by atoms with van der Waals surface area (Å²) in [5, 5.41) is 21.7. The monoisotopic (exact) mass is 399 g/mol. The zero-order valence-electron chi connectivity index (χ0n) is 17.8. The first-order valence-corrected chi connectivity index (χ1v) is 10.4. The van der Waals surface area contributed by atoms with Gasteiger partial charge in [-0.2, -0.15) is 0 Å². The lowest BCUT2D eigenvalue weighted by molar-refractivity contribution is 0.108. The molecular weight excluding hydrogens is 366 g/mol. The number of piperidine rings is 1. The highest BCUT2D eigenvalue weighted by Crippen LogP contribution is 2.12. The molecule has 0 spiro atoms. The summed E-state index contributed by atoms with van der Waals surface area (Å²) < 4.78 is 1.97. The van der Waals surface area contributed by atoms with Crippen LogP contribution in [0.25, 0.3) is 0 Å². The SMILES string of the molecule is Cc1nnc(CN=C(NCCCN(C)c2ccccc2)N2CCC(O)CC2)n1C. The largest absolute Gasteiger partial charge is 0.393 e. The molecule has 0 unspecified atom stereocenters. The fraction of sp³-hybridized carbons (Fsp3) is 0.571. The zero-order valence-corrected chi connectivity index (χ0v) is 17.8. The van der Waals surface area contributed by atoms with Crippen molar-refractivity contribution in [2.45, 2.75) is 38.8 Å². The smallest absolute Gasteiger partial charge is 0.194 e. The number of para-hydroxylation sites is 1. The molecule has 2 heterocycles. The minimum atomic E-state index is -0.201. The van der Waals surface area contributed by atoms with Crippen LogP contribution < -0.4 is 10.2 Å². The number of aliphatic hydroxyl groups is 1.